The van der Waals surface area contributed by atoms with Crippen LogP contribution in [0, 0.1) is 0 Å². The zero-order valence-corrected chi connectivity index (χ0v) is 18.9. The van der Waals surface area contributed by atoms with Gasteiger partial charge < -0.3 is 10.2 Å². The highest BCUT2D eigenvalue weighted by Gasteiger charge is 2.13. The number of aliphatic hydroxyl groups is 2. The number of hydrogen-bond donors (Lipinski definition) is 2. The fraction of sp³-hybridized carbons (Fsp3) is 0.600. The molecule has 2 N–H and O–H groups in total. The first-order valence-electron chi connectivity index (χ1n) is 10.1. The molecule has 0 radical (unpaired) electrons. The summed E-state index contributed by atoms with van der Waals surface area (Å²) in [5, 5.41) is 18.3. The van der Waals surface area contributed by atoms with Crippen molar-refractivity contribution in [3.8, 4) is 0 Å². The topological polar surface area (TPSA) is 40.5 Å². The smallest absolute Gasteiger partial charge is 0.0800 e. The standard InChI is InChI=1S/C15H26O.C10H18O/c1-6-15(5,16)12-8-11-14(4)10-7-9-13(2)3;1-9(2)5-4-6-10(3)7-8-11/h6,9,11,16H,1,7-8,10,12H2,2-5H3;5,7,11H,4,6,8H2,1-3H3/b;10-7-. The second kappa shape index (κ2) is 16.8. The molecule has 0 saturated heterocycles. The van der Waals surface area contributed by atoms with Gasteiger partial charge >= 0.3 is 0 Å². The molecule has 0 aliphatic heterocycles. The fourth-order valence-electron chi connectivity index (χ4n) is 2.25. The van der Waals surface area contributed by atoms with Gasteiger partial charge in [-0.05, 0) is 87.0 Å². The van der Waals surface area contributed by atoms with Crippen molar-refractivity contribution in [2.75, 3.05) is 6.61 Å². The molecule has 0 rings (SSSR count). The normalized spacial score (nSPS) is 13.8. The van der Waals surface area contributed by atoms with Gasteiger partial charge in [0, 0.05) is 0 Å². The Bertz CT molecular complexity index is 508. The van der Waals surface area contributed by atoms with Crippen molar-refractivity contribution >= 4 is 0 Å². The Morgan fingerprint density at radius 1 is 0.778 bits per heavy atom. The van der Waals surface area contributed by atoms with E-state index < -0.39 is 5.60 Å². The van der Waals surface area contributed by atoms with Gasteiger partial charge in [-0.1, -0.05) is 52.7 Å². The number of hydrogen-bond acceptors (Lipinski definition) is 2. The van der Waals surface area contributed by atoms with Gasteiger partial charge in [-0.2, -0.15) is 0 Å². The van der Waals surface area contributed by atoms with Crippen LogP contribution in [-0.2, 0) is 0 Å². The molecule has 2 nitrogen and oxygen atoms in total. The summed E-state index contributed by atoms with van der Waals surface area (Å²) in [4.78, 5) is 0. The molecule has 0 aromatic heterocycles. The van der Waals surface area contributed by atoms with Crippen molar-refractivity contribution in [3.63, 3.8) is 0 Å². The maximum absolute atomic E-state index is 9.73. The molecule has 0 saturated carbocycles. The van der Waals surface area contributed by atoms with Crippen molar-refractivity contribution in [2.45, 2.75) is 92.6 Å². The molecule has 0 aromatic carbocycles. The van der Waals surface area contributed by atoms with E-state index in [0.717, 1.165) is 38.5 Å². The van der Waals surface area contributed by atoms with Crippen LogP contribution in [-0.4, -0.2) is 22.4 Å². The van der Waals surface area contributed by atoms with Gasteiger partial charge in [0.05, 0.1) is 12.2 Å². The van der Waals surface area contributed by atoms with E-state index in [1.54, 1.807) is 13.0 Å². The summed E-state index contributed by atoms with van der Waals surface area (Å²) in [5.41, 5.74) is 4.68. The Balaban J connectivity index is 0. The van der Waals surface area contributed by atoms with Crippen LogP contribution in [0.3, 0.4) is 0 Å². The molecular formula is C25H44O2. The molecule has 0 amide bonds. The number of allylic oxidation sites excluding steroid dienone is 7. The first-order valence-corrected chi connectivity index (χ1v) is 10.1. The van der Waals surface area contributed by atoms with Crippen LogP contribution in [0.5, 0.6) is 0 Å². The van der Waals surface area contributed by atoms with Gasteiger partial charge in [-0.3, -0.25) is 0 Å². The van der Waals surface area contributed by atoms with Gasteiger partial charge in [0.15, 0.2) is 0 Å². The first-order chi connectivity index (χ1) is 12.5. The predicted octanol–water partition coefficient (Wildman–Crippen LogP) is 7.07. The third-order valence-electron chi connectivity index (χ3n) is 4.21. The molecule has 1 atom stereocenters. The zero-order valence-electron chi connectivity index (χ0n) is 18.9. The Hall–Kier alpha value is -1.38. The van der Waals surface area contributed by atoms with Crippen LogP contribution in [0.2, 0.25) is 0 Å². The summed E-state index contributed by atoms with van der Waals surface area (Å²) in [6, 6.07) is 0. The van der Waals surface area contributed by atoms with E-state index in [2.05, 4.69) is 66.3 Å². The van der Waals surface area contributed by atoms with Crippen LogP contribution in [0.1, 0.15) is 87.0 Å². The largest absolute Gasteiger partial charge is 0.392 e. The summed E-state index contributed by atoms with van der Waals surface area (Å²) >= 11 is 0. The Kier molecular flexibility index (Phi) is 17.3. The summed E-state index contributed by atoms with van der Waals surface area (Å²) in [5.74, 6) is 0. The lowest BCUT2D eigenvalue weighted by Crippen LogP contribution is -2.19. The van der Waals surface area contributed by atoms with E-state index in [9.17, 15) is 5.11 Å². The summed E-state index contributed by atoms with van der Waals surface area (Å²) < 4.78 is 0. The first kappa shape index (κ1) is 27.8. The van der Waals surface area contributed by atoms with E-state index >= 15 is 0 Å². The Morgan fingerprint density at radius 3 is 1.59 bits per heavy atom. The number of rotatable bonds is 11. The van der Waals surface area contributed by atoms with E-state index in [1.807, 2.05) is 6.08 Å². The molecule has 0 aliphatic carbocycles. The molecular weight excluding hydrogens is 332 g/mol. The average Bonchev–Trinajstić information content (AvgIpc) is 2.55. The van der Waals surface area contributed by atoms with E-state index in [1.165, 1.54) is 22.3 Å². The van der Waals surface area contributed by atoms with Crippen LogP contribution < -0.4 is 0 Å². The maximum atomic E-state index is 9.73. The van der Waals surface area contributed by atoms with Crippen molar-refractivity contribution in [1.29, 1.82) is 0 Å². The molecule has 0 heterocycles. The summed E-state index contributed by atoms with van der Waals surface area (Å²) in [7, 11) is 0. The SMILES string of the molecule is C=CC(C)(O)CCC=C(C)CCC=C(C)C.CC(C)=CCC/C(C)=C\CO. The van der Waals surface area contributed by atoms with Crippen molar-refractivity contribution in [2.24, 2.45) is 0 Å². The lowest BCUT2D eigenvalue weighted by molar-refractivity contribution is 0.103. The van der Waals surface area contributed by atoms with Crippen LogP contribution in [0.4, 0.5) is 0 Å². The molecule has 156 valence electrons. The van der Waals surface area contributed by atoms with Crippen molar-refractivity contribution in [3.05, 3.63) is 59.3 Å². The zero-order chi connectivity index (χ0) is 21.3. The minimum Gasteiger partial charge on any atom is -0.392 e. The molecule has 0 spiro atoms. The monoisotopic (exact) mass is 376 g/mol. The molecule has 0 bridgehead atoms. The highest BCUT2D eigenvalue weighted by molar-refractivity contribution is 5.04. The van der Waals surface area contributed by atoms with Gasteiger partial charge in [0.1, 0.15) is 0 Å². The summed E-state index contributed by atoms with van der Waals surface area (Å²) in [6.07, 6.45) is 16.2. The quantitative estimate of drug-likeness (QED) is 0.379. The van der Waals surface area contributed by atoms with E-state index in [0.29, 0.717) is 0 Å². The molecule has 27 heavy (non-hydrogen) atoms. The highest BCUT2D eigenvalue weighted by atomic mass is 16.3. The summed E-state index contributed by atoms with van der Waals surface area (Å²) in [6.45, 7) is 18.2. The second-order valence-electron chi connectivity index (χ2n) is 8.02. The van der Waals surface area contributed by atoms with Crippen LogP contribution in [0.15, 0.2) is 59.3 Å². The third kappa shape index (κ3) is 22.6. The van der Waals surface area contributed by atoms with Gasteiger partial charge in [0.25, 0.3) is 0 Å². The average molecular weight is 377 g/mol. The Labute approximate surface area is 169 Å². The fourth-order valence-corrected chi connectivity index (χ4v) is 2.25. The van der Waals surface area contributed by atoms with Gasteiger partial charge in [-0.15, -0.1) is 6.58 Å². The van der Waals surface area contributed by atoms with Crippen LogP contribution >= 0.6 is 0 Å². The maximum Gasteiger partial charge on any atom is 0.0800 e. The van der Waals surface area contributed by atoms with E-state index in [-0.39, 0.29) is 6.61 Å². The lowest BCUT2D eigenvalue weighted by Gasteiger charge is -2.16. The minimum atomic E-state index is -0.726. The molecule has 0 fully saturated rings. The van der Waals surface area contributed by atoms with Gasteiger partial charge in [-0.25, -0.2) is 0 Å². The number of aliphatic hydroxyl groups excluding tert-OH is 1. The van der Waals surface area contributed by atoms with Crippen molar-refractivity contribution in [1.82, 2.24) is 0 Å². The van der Waals surface area contributed by atoms with E-state index in [4.69, 9.17) is 5.11 Å². The lowest BCUT2D eigenvalue weighted by atomic mass is 9.99. The van der Waals surface area contributed by atoms with Crippen molar-refractivity contribution < 1.29 is 10.2 Å². The van der Waals surface area contributed by atoms with Gasteiger partial charge in [0.2, 0.25) is 0 Å². The molecule has 0 aromatic rings. The predicted molar refractivity (Wildman–Crippen MR) is 122 cm³/mol. The minimum absolute atomic E-state index is 0.167. The molecule has 1 unspecified atom stereocenters. The second-order valence-corrected chi connectivity index (χ2v) is 8.02. The Morgan fingerprint density at radius 2 is 1.22 bits per heavy atom. The van der Waals surface area contributed by atoms with Crippen LogP contribution in [0.25, 0.3) is 0 Å². The molecule has 0 aliphatic rings. The highest BCUT2D eigenvalue weighted by Crippen LogP contribution is 2.15. The third-order valence-corrected chi connectivity index (χ3v) is 4.21. The molecule has 2 heteroatoms.